The quantitative estimate of drug-likeness (QED) is 0.692. The van der Waals surface area contributed by atoms with Crippen LogP contribution in [-0.4, -0.2) is 27.6 Å². The second-order valence-electron chi connectivity index (χ2n) is 3.82. The Morgan fingerprint density at radius 1 is 1.31 bits per heavy atom. The van der Waals surface area contributed by atoms with Crippen LogP contribution in [0.3, 0.4) is 0 Å². The van der Waals surface area contributed by atoms with Gasteiger partial charge in [0.25, 0.3) is 5.91 Å². The summed E-state index contributed by atoms with van der Waals surface area (Å²) in [4.78, 5) is 15.7. The molecule has 0 atom stereocenters. The second-order valence-corrected chi connectivity index (χ2v) is 3.82. The molecule has 1 aromatic heterocycles. The predicted molar refractivity (Wildman–Crippen MR) is 62.2 cm³/mol. The van der Waals surface area contributed by atoms with Gasteiger partial charge in [-0.2, -0.15) is 0 Å². The van der Waals surface area contributed by atoms with E-state index < -0.39 is 0 Å². The van der Waals surface area contributed by atoms with Gasteiger partial charge < -0.3 is 5.32 Å². The highest BCUT2D eigenvalue weighted by molar-refractivity contribution is 5.90. The van der Waals surface area contributed by atoms with Crippen molar-refractivity contribution in [2.75, 3.05) is 6.54 Å². The van der Waals surface area contributed by atoms with Crippen LogP contribution >= 0.6 is 0 Å². The number of amides is 1. The minimum atomic E-state index is -0.185. The van der Waals surface area contributed by atoms with Gasteiger partial charge >= 0.3 is 0 Å². The first kappa shape index (κ1) is 12.7. The number of carbonyl (C=O) groups is 1. The molecular weight excluding hydrogens is 204 g/mol. The highest BCUT2D eigenvalue weighted by Crippen LogP contribution is 1.97. The van der Waals surface area contributed by atoms with E-state index in [9.17, 15) is 4.79 Å². The summed E-state index contributed by atoms with van der Waals surface area (Å²) in [7, 11) is 0. The number of hydrogen-bond acceptors (Lipinski definition) is 3. The zero-order valence-corrected chi connectivity index (χ0v) is 10.0. The van der Waals surface area contributed by atoms with E-state index in [2.05, 4.69) is 34.3 Å². The van der Waals surface area contributed by atoms with E-state index in [0.29, 0.717) is 6.54 Å². The minimum absolute atomic E-state index is 0.185. The summed E-state index contributed by atoms with van der Waals surface area (Å²) >= 11 is 0. The van der Waals surface area contributed by atoms with Crippen molar-refractivity contribution in [1.29, 1.82) is 0 Å². The standard InChI is InChI=1S/C11H20N4O/c1-3-5-6-8-12-11(16)10-13-9(7-4-2)14-15-10/h3-8H2,1-2H3,(H,12,16)(H,13,14,15). The molecule has 1 aromatic rings. The van der Waals surface area contributed by atoms with Crippen LogP contribution in [-0.2, 0) is 6.42 Å². The first-order valence-electron chi connectivity index (χ1n) is 5.97. The smallest absolute Gasteiger partial charge is 0.290 e. The fourth-order valence-corrected chi connectivity index (χ4v) is 1.40. The fraction of sp³-hybridized carbons (Fsp3) is 0.727. The van der Waals surface area contributed by atoms with E-state index >= 15 is 0 Å². The minimum Gasteiger partial charge on any atom is -0.349 e. The summed E-state index contributed by atoms with van der Waals surface area (Å²) in [5.74, 6) is 0.843. The molecule has 1 amide bonds. The van der Waals surface area contributed by atoms with Gasteiger partial charge in [0.1, 0.15) is 5.82 Å². The molecule has 5 heteroatoms. The Morgan fingerprint density at radius 3 is 2.81 bits per heavy atom. The van der Waals surface area contributed by atoms with Gasteiger partial charge in [-0.15, -0.1) is 5.10 Å². The van der Waals surface area contributed by atoms with Gasteiger partial charge in [0, 0.05) is 13.0 Å². The van der Waals surface area contributed by atoms with Crippen molar-refractivity contribution in [3.05, 3.63) is 11.6 Å². The molecule has 0 saturated carbocycles. The summed E-state index contributed by atoms with van der Waals surface area (Å²) in [5, 5.41) is 9.46. The van der Waals surface area contributed by atoms with Crippen molar-refractivity contribution in [3.8, 4) is 0 Å². The normalized spacial score (nSPS) is 10.4. The van der Waals surface area contributed by atoms with E-state index in [0.717, 1.165) is 37.9 Å². The number of nitrogens with zero attached hydrogens (tertiary/aromatic N) is 2. The van der Waals surface area contributed by atoms with Crippen LogP contribution in [0.2, 0.25) is 0 Å². The Kier molecular flexibility index (Phi) is 5.53. The van der Waals surface area contributed by atoms with Crippen molar-refractivity contribution in [3.63, 3.8) is 0 Å². The van der Waals surface area contributed by atoms with E-state index in [4.69, 9.17) is 0 Å². The third-order valence-electron chi connectivity index (χ3n) is 2.29. The highest BCUT2D eigenvalue weighted by atomic mass is 16.2. The molecule has 0 spiro atoms. The molecular formula is C11H20N4O. The van der Waals surface area contributed by atoms with Crippen LogP contribution in [0.15, 0.2) is 0 Å². The lowest BCUT2D eigenvalue weighted by molar-refractivity contribution is 0.0943. The molecule has 1 heterocycles. The fourth-order valence-electron chi connectivity index (χ4n) is 1.40. The van der Waals surface area contributed by atoms with Crippen LogP contribution in [0.1, 0.15) is 56.0 Å². The van der Waals surface area contributed by atoms with Crippen molar-refractivity contribution in [2.24, 2.45) is 0 Å². The topological polar surface area (TPSA) is 70.7 Å². The van der Waals surface area contributed by atoms with Crippen molar-refractivity contribution >= 4 is 5.91 Å². The van der Waals surface area contributed by atoms with Gasteiger partial charge in [0.2, 0.25) is 5.82 Å². The zero-order valence-electron chi connectivity index (χ0n) is 10.0. The second kappa shape index (κ2) is 6.98. The number of nitrogens with one attached hydrogen (secondary N) is 2. The van der Waals surface area contributed by atoms with Crippen molar-refractivity contribution < 1.29 is 4.79 Å². The molecule has 0 fully saturated rings. The molecule has 0 aromatic carbocycles. The highest BCUT2D eigenvalue weighted by Gasteiger charge is 2.10. The van der Waals surface area contributed by atoms with Gasteiger partial charge in [0.15, 0.2) is 0 Å². The number of carbonyl (C=O) groups excluding carboxylic acids is 1. The Hall–Kier alpha value is -1.39. The third-order valence-corrected chi connectivity index (χ3v) is 2.29. The summed E-state index contributed by atoms with van der Waals surface area (Å²) in [6, 6.07) is 0. The van der Waals surface area contributed by atoms with Gasteiger partial charge in [-0.05, 0) is 12.8 Å². The molecule has 0 aliphatic heterocycles. The summed E-state index contributed by atoms with van der Waals surface area (Å²) in [6.45, 7) is 4.89. The Morgan fingerprint density at radius 2 is 2.12 bits per heavy atom. The summed E-state index contributed by atoms with van der Waals surface area (Å²) in [6.07, 6.45) is 5.11. The van der Waals surface area contributed by atoms with Crippen LogP contribution in [0.4, 0.5) is 0 Å². The Bertz CT molecular complexity index is 322. The lowest BCUT2D eigenvalue weighted by atomic mass is 10.2. The molecule has 16 heavy (non-hydrogen) atoms. The van der Waals surface area contributed by atoms with E-state index in [1.54, 1.807) is 0 Å². The third kappa shape index (κ3) is 4.00. The van der Waals surface area contributed by atoms with Crippen molar-refractivity contribution in [1.82, 2.24) is 20.5 Å². The van der Waals surface area contributed by atoms with Crippen LogP contribution in [0, 0.1) is 0 Å². The van der Waals surface area contributed by atoms with Crippen LogP contribution in [0.5, 0.6) is 0 Å². The molecule has 0 aliphatic rings. The van der Waals surface area contributed by atoms with E-state index in [1.165, 1.54) is 0 Å². The van der Waals surface area contributed by atoms with Crippen molar-refractivity contribution in [2.45, 2.75) is 46.0 Å². The predicted octanol–water partition coefficient (Wildman–Crippen LogP) is 1.68. The number of aryl methyl sites for hydroxylation is 1. The SMILES string of the molecule is CCCCCNC(=O)c1n[nH]c(CCC)n1. The number of rotatable bonds is 7. The van der Waals surface area contributed by atoms with Crippen LogP contribution < -0.4 is 5.32 Å². The molecule has 0 radical (unpaired) electrons. The average Bonchev–Trinajstić information content (AvgIpc) is 2.73. The lowest BCUT2D eigenvalue weighted by Crippen LogP contribution is -2.25. The number of aromatic amines is 1. The van der Waals surface area contributed by atoms with Gasteiger partial charge in [-0.3, -0.25) is 9.89 Å². The lowest BCUT2D eigenvalue weighted by Gasteiger charge is -2.00. The van der Waals surface area contributed by atoms with E-state index in [1.807, 2.05) is 0 Å². The molecule has 90 valence electrons. The van der Waals surface area contributed by atoms with Gasteiger partial charge in [0.05, 0.1) is 0 Å². The molecule has 5 nitrogen and oxygen atoms in total. The molecule has 2 N–H and O–H groups in total. The Labute approximate surface area is 96.0 Å². The van der Waals surface area contributed by atoms with Crippen LogP contribution in [0.25, 0.3) is 0 Å². The van der Waals surface area contributed by atoms with Gasteiger partial charge in [-0.1, -0.05) is 26.7 Å². The maximum absolute atomic E-state index is 11.6. The Balaban J connectivity index is 2.34. The summed E-state index contributed by atoms with van der Waals surface area (Å²) < 4.78 is 0. The number of aromatic nitrogens is 3. The number of unbranched alkanes of at least 4 members (excludes halogenated alkanes) is 2. The monoisotopic (exact) mass is 224 g/mol. The molecule has 0 unspecified atom stereocenters. The molecule has 0 bridgehead atoms. The number of hydrogen-bond donors (Lipinski definition) is 2. The first-order chi connectivity index (χ1) is 7.77. The zero-order chi connectivity index (χ0) is 11.8. The summed E-state index contributed by atoms with van der Waals surface area (Å²) in [5.41, 5.74) is 0. The largest absolute Gasteiger partial charge is 0.349 e. The molecule has 0 saturated heterocycles. The number of H-pyrrole nitrogens is 1. The maximum Gasteiger partial charge on any atom is 0.290 e. The molecule has 1 rings (SSSR count). The van der Waals surface area contributed by atoms with E-state index in [-0.39, 0.29) is 11.7 Å². The first-order valence-corrected chi connectivity index (χ1v) is 5.97. The van der Waals surface area contributed by atoms with Gasteiger partial charge in [-0.25, -0.2) is 4.98 Å². The average molecular weight is 224 g/mol. The maximum atomic E-state index is 11.6. The molecule has 0 aliphatic carbocycles.